The molecule has 0 saturated carbocycles. The third-order valence-electron chi connectivity index (χ3n) is 1.85. The topological polar surface area (TPSA) is 26.0 Å². The van der Waals surface area contributed by atoms with Gasteiger partial charge in [0.1, 0.15) is 0 Å². The van der Waals surface area contributed by atoms with Gasteiger partial charge in [0.25, 0.3) is 0 Å². The maximum atomic E-state index is 12.7. The first kappa shape index (κ1) is 14.0. The molecule has 0 aliphatic rings. The zero-order valence-corrected chi connectivity index (χ0v) is 8.66. The van der Waals surface area contributed by atoms with E-state index in [4.69, 9.17) is 5.73 Å². The second-order valence-corrected chi connectivity index (χ2v) is 2.93. The van der Waals surface area contributed by atoms with Gasteiger partial charge in [-0.1, -0.05) is 6.08 Å². The number of rotatable bonds is 3. The maximum Gasteiger partial charge on any atom is 0.194 e. The van der Waals surface area contributed by atoms with Crippen LogP contribution in [-0.2, 0) is 0 Å². The predicted octanol–water partition coefficient (Wildman–Crippen LogP) is 3.10. The molecular formula is C10H11ClF3N. The van der Waals surface area contributed by atoms with Gasteiger partial charge in [0, 0.05) is 6.04 Å². The van der Waals surface area contributed by atoms with Crippen molar-refractivity contribution < 1.29 is 13.2 Å². The summed E-state index contributed by atoms with van der Waals surface area (Å²) in [6.45, 7) is 3.45. The molecule has 1 atom stereocenters. The third kappa shape index (κ3) is 3.25. The van der Waals surface area contributed by atoms with Gasteiger partial charge in [-0.2, -0.15) is 0 Å². The molecule has 0 aromatic heterocycles. The van der Waals surface area contributed by atoms with E-state index in [-0.39, 0.29) is 18.0 Å². The average molecular weight is 238 g/mol. The number of hydrogen-bond acceptors (Lipinski definition) is 1. The van der Waals surface area contributed by atoms with Crippen LogP contribution in [-0.4, -0.2) is 0 Å². The SMILES string of the molecule is C=CC[C@@H](N)c1cc(F)c(F)c(F)c1.Cl. The first-order valence-corrected chi connectivity index (χ1v) is 4.07. The summed E-state index contributed by atoms with van der Waals surface area (Å²) in [6, 6.07) is 1.23. The Labute approximate surface area is 92.2 Å². The highest BCUT2D eigenvalue weighted by Gasteiger charge is 2.13. The molecule has 1 rings (SSSR count). The monoisotopic (exact) mass is 237 g/mol. The Morgan fingerprint density at radius 3 is 2.13 bits per heavy atom. The average Bonchev–Trinajstić information content (AvgIpc) is 2.13. The molecule has 84 valence electrons. The highest BCUT2D eigenvalue weighted by molar-refractivity contribution is 5.85. The van der Waals surface area contributed by atoms with E-state index in [1.54, 1.807) is 0 Å². The van der Waals surface area contributed by atoms with E-state index in [1.165, 1.54) is 6.08 Å². The van der Waals surface area contributed by atoms with Crippen molar-refractivity contribution in [1.29, 1.82) is 0 Å². The molecule has 1 aromatic rings. The van der Waals surface area contributed by atoms with Gasteiger partial charge in [-0.15, -0.1) is 19.0 Å². The van der Waals surface area contributed by atoms with Gasteiger partial charge in [0.2, 0.25) is 0 Å². The summed E-state index contributed by atoms with van der Waals surface area (Å²) in [4.78, 5) is 0. The molecule has 15 heavy (non-hydrogen) atoms. The van der Waals surface area contributed by atoms with Gasteiger partial charge in [-0.25, -0.2) is 13.2 Å². The Hall–Kier alpha value is -1.00. The van der Waals surface area contributed by atoms with Crippen molar-refractivity contribution >= 4 is 12.4 Å². The Morgan fingerprint density at radius 1 is 1.27 bits per heavy atom. The standard InChI is InChI=1S/C10H10F3N.ClH/c1-2-3-9(14)6-4-7(11)10(13)8(12)5-6;/h2,4-5,9H,1,3,14H2;1H/t9-;/m1./s1. The van der Waals surface area contributed by atoms with E-state index < -0.39 is 23.5 Å². The van der Waals surface area contributed by atoms with Crippen LogP contribution in [0.2, 0.25) is 0 Å². The lowest BCUT2D eigenvalue weighted by molar-refractivity contribution is 0.443. The predicted molar refractivity (Wildman–Crippen MR) is 55.3 cm³/mol. The highest BCUT2D eigenvalue weighted by Crippen LogP contribution is 2.19. The smallest absolute Gasteiger partial charge is 0.194 e. The van der Waals surface area contributed by atoms with Crippen LogP contribution in [0.4, 0.5) is 13.2 Å². The molecule has 0 amide bonds. The lowest BCUT2D eigenvalue weighted by Crippen LogP contribution is -2.10. The van der Waals surface area contributed by atoms with E-state index >= 15 is 0 Å². The van der Waals surface area contributed by atoms with E-state index in [1.807, 2.05) is 0 Å². The minimum atomic E-state index is -1.47. The summed E-state index contributed by atoms with van der Waals surface area (Å²) in [7, 11) is 0. The van der Waals surface area contributed by atoms with Crippen LogP contribution in [0.25, 0.3) is 0 Å². The second-order valence-electron chi connectivity index (χ2n) is 2.93. The van der Waals surface area contributed by atoms with Crippen LogP contribution in [0, 0.1) is 17.5 Å². The molecular weight excluding hydrogens is 227 g/mol. The summed E-state index contributed by atoms with van der Waals surface area (Å²) >= 11 is 0. The maximum absolute atomic E-state index is 12.7. The first-order valence-electron chi connectivity index (χ1n) is 4.07. The van der Waals surface area contributed by atoms with Gasteiger partial charge in [-0.3, -0.25) is 0 Å². The fraction of sp³-hybridized carbons (Fsp3) is 0.200. The zero-order chi connectivity index (χ0) is 10.7. The van der Waals surface area contributed by atoms with Crippen molar-refractivity contribution in [3.05, 3.63) is 47.8 Å². The molecule has 1 nitrogen and oxygen atoms in total. The van der Waals surface area contributed by atoms with Gasteiger partial charge in [-0.05, 0) is 24.1 Å². The molecule has 0 radical (unpaired) electrons. The Kier molecular flexibility index (Phi) is 5.39. The van der Waals surface area contributed by atoms with Gasteiger partial charge in [0.05, 0.1) is 0 Å². The lowest BCUT2D eigenvalue weighted by atomic mass is 10.0. The molecule has 5 heteroatoms. The number of hydrogen-bond donors (Lipinski definition) is 1. The molecule has 0 aliphatic carbocycles. The molecule has 0 saturated heterocycles. The van der Waals surface area contributed by atoms with Crippen molar-refractivity contribution in [2.24, 2.45) is 5.73 Å². The molecule has 0 unspecified atom stereocenters. The van der Waals surface area contributed by atoms with Gasteiger partial charge < -0.3 is 5.73 Å². The quantitative estimate of drug-likeness (QED) is 0.635. The molecule has 0 spiro atoms. The fourth-order valence-corrected chi connectivity index (χ4v) is 1.10. The Morgan fingerprint density at radius 2 is 1.73 bits per heavy atom. The number of halogens is 4. The first-order chi connectivity index (χ1) is 6.56. The van der Waals surface area contributed by atoms with Crippen LogP contribution >= 0.6 is 12.4 Å². The van der Waals surface area contributed by atoms with Crippen LogP contribution < -0.4 is 5.73 Å². The lowest BCUT2D eigenvalue weighted by Gasteiger charge is -2.09. The van der Waals surface area contributed by atoms with Gasteiger partial charge >= 0.3 is 0 Å². The second kappa shape index (κ2) is 5.78. The minimum Gasteiger partial charge on any atom is -0.324 e. The van der Waals surface area contributed by atoms with Crippen LogP contribution in [0.1, 0.15) is 18.0 Å². The Balaban J connectivity index is 0.00000196. The molecule has 0 bridgehead atoms. The van der Waals surface area contributed by atoms with E-state index in [0.717, 1.165) is 12.1 Å². The van der Waals surface area contributed by atoms with Crippen LogP contribution in [0.5, 0.6) is 0 Å². The normalized spacial score (nSPS) is 11.7. The van der Waals surface area contributed by atoms with Crippen molar-refractivity contribution in [2.45, 2.75) is 12.5 Å². The van der Waals surface area contributed by atoms with Crippen molar-refractivity contribution in [2.75, 3.05) is 0 Å². The van der Waals surface area contributed by atoms with Crippen LogP contribution in [0.15, 0.2) is 24.8 Å². The molecule has 0 aliphatic heterocycles. The number of benzene rings is 1. The molecule has 0 heterocycles. The largest absolute Gasteiger partial charge is 0.324 e. The summed E-state index contributed by atoms with van der Waals surface area (Å²) < 4.78 is 38.0. The van der Waals surface area contributed by atoms with Gasteiger partial charge in [0.15, 0.2) is 17.5 Å². The van der Waals surface area contributed by atoms with Crippen molar-refractivity contribution in [1.82, 2.24) is 0 Å². The van der Waals surface area contributed by atoms with E-state index in [0.29, 0.717) is 6.42 Å². The fourth-order valence-electron chi connectivity index (χ4n) is 1.10. The summed E-state index contributed by atoms with van der Waals surface area (Å²) in [6.07, 6.45) is 1.91. The van der Waals surface area contributed by atoms with Crippen LogP contribution in [0.3, 0.4) is 0 Å². The summed E-state index contributed by atoms with van der Waals surface area (Å²) in [5, 5.41) is 0. The van der Waals surface area contributed by atoms with Crippen molar-refractivity contribution in [3.8, 4) is 0 Å². The van der Waals surface area contributed by atoms with E-state index in [9.17, 15) is 13.2 Å². The summed E-state index contributed by atoms with van der Waals surface area (Å²) in [5.41, 5.74) is 5.79. The highest BCUT2D eigenvalue weighted by atomic mass is 35.5. The molecule has 1 aromatic carbocycles. The summed E-state index contributed by atoms with van der Waals surface area (Å²) in [5.74, 6) is -3.92. The van der Waals surface area contributed by atoms with E-state index in [2.05, 4.69) is 6.58 Å². The van der Waals surface area contributed by atoms with Crippen molar-refractivity contribution in [3.63, 3.8) is 0 Å². The molecule has 0 fully saturated rings. The Bertz CT molecular complexity index is 332. The minimum absolute atomic E-state index is 0. The number of nitrogens with two attached hydrogens (primary N) is 1. The molecule has 2 N–H and O–H groups in total. The zero-order valence-electron chi connectivity index (χ0n) is 7.84. The third-order valence-corrected chi connectivity index (χ3v) is 1.85.